The van der Waals surface area contributed by atoms with Gasteiger partial charge in [0.1, 0.15) is 11.3 Å². The lowest BCUT2D eigenvalue weighted by Crippen LogP contribution is -2.34. The van der Waals surface area contributed by atoms with E-state index in [9.17, 15) is 9.90 Å². The number of nitrogens with zero attached hydrogens (tertiary/aromatic N) is 2. The molecule has 2 N–H and O–H groups in total. The lowest BCUT2D eigenvalue weighted by atomic mass is 9.78. The number of hydrogen-bond donors (Lipinski definition) is 2. The topological polar surface area (TPSA) is 78.1 Å². The van der Waals surface area contributed by atoms with Crippen molar-refractivity contribution >= 4 is 34.8 Å². The van der Waals surface area contributed by atoms with Crippen LogP contribution in [0, 0.1) is 5.92 Å². The Balaban J connectivity index is 0.00000342. The molecule has 0 aliphatic rings. The summed E-state index contributed by atoms with van der Waals surface area (Å²) >= 11 is 0. The van der Waals surface area contributed by atoms with Crippen molar-refractivity contribution in [1.82, 2.24) is 4.90 Å². The highest BCUT2D eigenvalue weighted by atomic mass is 35.5. The van der Waals surface area contributed by atoms with Crippen molar-refractivity contribution in [2.75, 3.05) is 26.1 Å². The van der Waals surface area contributed by atoms with Gasteiger partial charge in [-0.2, -0.15) is 5.10 Å². The molecule has 0 saturated heterocycles. The number of para-hydroxylation sites is 2. The molecule has 1 aromatic heterocycles. The van der Waals surface area contributed by atoms with E-state index in [-0.39, 0.29) is 29.6 Å². The van der Waals surface area contributed by atoms with E-state index in [2.05, 4.69) is 15.4 Å². The minimum atomic E-state index is -0.544. The second-order valence-electron chi connectivity index (χ2n) is 8.64. The van der Waals surface area contributed by atoms with Crippen molar-refractivity contribution in [1.29, 1.82) is 0 Å². The van der Waals surface area contributed by atoms with Crippen LogP contribution in [0.1, 0.15) is 24.0 Å². The van der Waals surface area contributed by atoms with Crippen molar-refractivity contribution in [2.45, 2.75) is 12.8 Å². The quantitative estimate of drug-likeness (QED) is 0.187. The standard InChI is InChI=1S/C28H29N3O3.ClH/c1-19(29-30-21-14-8-5-9-15-21)23(18-31(2)3)25(20-12-6-4-7-13-20)26-27(32)22-16-10-11-17-24(22)34-28(26)33;/h4-17,23,25,30,32H,18H2,1-3H3;1H/b29-19-;. The molecule has 182 valence electrons. The second kappa shape index (κ2) is 11.7. The Morgan fingerprint density at radius 3 is 2.23 bits per heavy atom. The van der Waals surface area contributed by atoms with Gasteiger partial charge in [0.05, 0.1) is 16.6 Å². The van der Waals surface area contributed by atoms with Crippen LogP contribution in [0.15, 0.2) is 99.2 Å². The highest BCUT2D eigenvalue weighted by Gasteiger charge is 2.33. The molecule has 1 heterocycles. The minimum absolute atomic E-state index is 0. The van der Waals surface area contributed by atoms with E-state index in [0.29, 0.717) is 17.5 Å². The Kier molecular flexibility index (Phi) is 8.68. The van der Waals surface area contributed by atoms with Crippen LogP contribution in [-0.4, -0.2) is 36.4 Å². The van der Waals surface area contributed by atoms with E-state index in [1.165, 1.54) is 0 Å². The molecule has 6 nitrogen and oxygen atoms in total. The predicted octanol–water partition coefficient (Wildman–Crippen LogP) is 5.72. The Hall–Kier alpha value is -3.61. The van der Waals surface area contributed by atoms with Gasteiger partial charge in [0, 0.05) is 24.1 Å². The van der Waals surface area contributed by atoms with Crippen LogP contribution >= 0.6 is 12.4 Å². The molecule has 3 aromatic carbocycles. The molecule has 2 atom stereocenters. The van der Waals surface area contributed by atoms with Gasteiger partial charge in [-0.3, -0.25) is 5.43 Å². The number of aromatic hydroxyl groups is 1. The van der Waals surface area contributed by atoms with Gasteiger partial charge in [-0.05, 0) is 50.8 Å². The van der Waals surface area contributed by atoms with Crippen molar-refractivity contribution < 1.29 is 9.52 Å². The van der Waals surface area contributed by atoms with Crippen LogP contribution in [0.3, 0.4) is 0 Å². The SMILES string of the molecule is C/C(=N/Nc1ccccc1)C(CN(C)C)C(c1ccccc1)c1c(O)c2ccccc2oc1=O.Cl. The van der Waals surface area contributed by atoms with Gasteiger partial charge in [0.15, 0.2) is 0 Å². The molecule has 0 amide bonds. The van der Waals surface area contributed by atoms with Gasteiger partial charge in [-0.25, -0.2) is 4.79 Å². The fourth-order valence-corrected chi connectivity index (χ4v) is 4.30. The molecule has 4 rings (SSSR count). The molecular formula is C28H30ClN3O3. The lowest BCUT2D eigenvalue weighted by Gasteiger charge is -2.30. The number of hydrazone groups is 1. The average Bonchev–Trinajstić information content (AvgIpc) is 2.85. The number of rotatable bonds is 8. The number of hydrogen-bond acceptors (Lipinski definition) is 6. The van der Waals surface area contributed by atoms with Crippen LogP contribution in [0.5, 0.6) is 5.75 Å². The summed E-state index contributed by atoms with van der Waals surface area (Å²) in [6, 6.07) is 26.5. The molecule has 0 aliphatic heterocycles. The summed E-state index contributed by atoms with van der Waals surface area (Å²) in [7, 11) is 3.96. The van der Waals surface area contributed by atoms with Gasteiger partial charge in [0.2, 0.25) is 0 Å². The molecule has 7 heteroatoms. The third-order valence-electron chi connectivity index (χ3n) is 5.93. The van der Waals surface area contributed by atoms with Crippen LogP contribution in [0.25, 0.3) is 11.0 Å². The van der Waals surface area contributed by atoms with Crippen LogP contribution in [0.4, 0.5) is 5.69 Å². The number of nitrogens with one attached hydrogen (secondary N) is 1. The highest BCUT2D eigenvalue weighted by Crippen LogP contribution is 2.39. The molecule has 0 spiro atoms. The van der Waals surface area contributed by atoms with Gasteiger partial charge in [0.25, 0.3) is 0 Å². The zero-order valence-corrected chi connectivity index (χ0v) is 20.8. The van der Waals surface area contributed by atoms with E-state index < -0.39 is 11.5 Å². The normalized spacial score (nSPS) is 13.3. The van der Waals surface area contributed by atoms with Crippen LogP contribution in [0.2, 0.25) is 0 Å². The summed E-state index contributed by atoms with van der Waals surface area (Å²) in [6.07, 6.45) is 0. The first-order chi connectivity index (χ1) is 16.5. The Labute approximate surface area is 211 Å². The Morgan fingerprint density at radius 2 is 1.57 bits per heavy atom. The molecule has 0 radical (unpaired) electrons. The van der Waals surface area contributed by atoms with Gasteiger partial charge in [-0.15, -0.1) is 12.4 Å². The van der Waals surface area contributed by atoms with E-state index in [0.717, 1.165) is 17.0 Å². The Morgan fingerprint density at radius 1 is 0.971 bits per heavy atom. The molecule has 0 saturated carbocycles. The average molecular weight is 492 g/mol. The molecule has 0 aliphatic carbocycles. The smallest absolute Gasteiger partial charge is 0.343 e. The van der Waals surface area contributed by atoms with Crippen molar-refractivity contribution in [3.63, 3.8) is 0 Å². The van der Waals surface area contributed by atoms with Crippen molar-refractivity contribution in [3.8, 4) is 5.75 Å². The highest BCUT2D eigenvalue weighted by molar-refractivity contribution is 5.88. The predicted molar refractivity (Wildman–Crippen MR) is 145 cm³/mol. The summed E-state index contributed by atoms with van der Waals surface area (Å²) < 4.78 is 5.66. The maximum absolute atomic E-state index is 13.3. The molecule has 2 unspecified atom stereocenters. The third kappa shape index (κ3) is 5.91. The first-order valence-electron chi connectivity index (χ1n) is 11.3. The summed E-state index contributed by atoms with van der Waals surface area (Å²) in [5, 5.41) is 16.5. The van der Waals surface area contributed by atoms with Crippen LogP contribution in [-0.2, 0) is 0 Å². The second-order valence-corrected chi connectivity index (χ2v) is 8.64. The minimum Gasteiger partial charge on any atom is -0.507 e. The van der Waals surface area contributed by atoms with Gasteiger partial charge >= 0.3 is 5.63 Å². The van der Waals surface area contributed by atoms with E-state index in [1.807, 2.05) is 87.7 Å². The monoisotopic (exact) mass is 491 g/mol. The zero-order valence-electron chi connectivity index (χ0n) is 20.0. The van der Waals surface area contributed by atoms with Crippen molar-refractivity contribution in [3.05, 3.63) is 106 Å². The zero-order chi connectivity index (χ0) is 24.1. The molecule has 35 heavy (non-hydrogen) atoms. The number of fused-ring (bicyclic) bond motifs is 1. The maximum Gasteiger partial charge on any atom is 0.343 e. The molecular weight excluding hydrogens is 462 g/mol. The molecule has 0 fully saturated rings. The fourth-order valence-electron chi connectivity index (χ4n) is 4.30. The van der Waals surface area contributed by atoms with Gasteiger partial charge in [-0.1, -0.05) is 60.7 Å². The first-order valence-corrected chi connectivity index (χ1v) is 11.3. The van der Waals surface area contributed by atoms with E-state index >= 15 is 0 Å². The molecule has 0 bridgehead atoms. The van der Waals surface area contributed by atoms with Gasteiger partial charge < -0.3 is 14.4 Å². The third-order valence-corrected chi connectivity index (χ3v) is 5.93. The van der Waals surface area contributed by atoms with E-state index in [4.69, 9.17) is 4.42 Å². The maximum atomic E-state index is 13.3. The fraction of sp³-hybridized carbons (Fsp3) is 0.214. The lowest BCUT2D eigenvalue weighted by molar-refractivity contribution is 0.346. The summed E-state index contributed by atoms with van der Waals surface area (Å²) in [4.78, 5) is 15.3. The molecule has 4 aromatic rings. The number of benzene rings is 3. The Bertz CT molecular complexity index is 1340. The summed E-state index contributed by atoms with van der Waals surface area (Å²) in [6.45, 7) is 2.55. The van der Waals surface area contributed by atoms with Crippen LogP contribution < -0.4 is 11.1 Å². The summed E-state index contributed by atoms with van der Waals surface area (Å²) in [5.74, 6) is -0.734. The van der Waals surface area contributed by atoms with Crippen molar-refractivity contribution in [2.24, 2.45) is 11.0 Å². The summed E-state index contributed by atoms with van der Waals surface area (Å²) in [5.41, 5.74) is 5.76. The number of anilines is 1. The first kappa shape index (κ1) is 26.0. The largest absolute Gasteiger partial charge is 0.507 e. The van der Waals surface area contributed by atoms with E-state index in [1.54, 1.807) is 18.2 Å². The number of halogens is 1.